The lowest BCUT2D eigenvalue weighted by Crippen LogP contribution is -2.03. The van der Waals surface area contributed by atoms with Crippen molar-refractivity contribution in [3.8, 4) is 17.0 Å². The van der Waals surface area contributed by atoms with Crippen LogP contribution < -0.4 is 4.74 Å². The Hall–Kier alpha value is -3.54. The highest BCUT2D eigenvalue weighted by atomic mass is 19.1. The maximum Gasteiger partial charge on any atom is 0.374 e. The van der Waals surface area contributed by atoms with Gasteiger partial charge in [-0.05, 0) is 55.5 Å². The van der Waals surface area contributed by atoms with Gasteiger partial charge in [0, 0.05) is 22.2 Å². The third-order valence-electron chi connectivity index (χ3n) is 4.68. The van der Waals surface area contributed by atoms with Crippen LogP contribution in [0.1, 0.15) is 23.2 Å². The average molecular weight is 393 g/mol. The van der Waals surface area contributed by atoms with E-state index in [1.807, 2.05) is 34.9 Å². The highest BCUT2D eigenvalue weighted by Crippen LogP contribution is 2.32. The van der Waals surface area contributed by atoms with E-state index in [4.69, 9.17) is 13.9 Å². The minimum Gasteiger partial charge on any atom is -0.497 e. The predicted octanol–water partition coefficient (Wildman–Crippen LogP) is 5.27. The first-order chi connectivity index (χ1) is 14.1. The quantitative estimate of drug-likeness (QED) is 0.419. The van der Waals surface area contributed by atoms with E-state index in [1.54, 1.807) is 32.2 Å². The molecular formula is C23H20FNO4. The highest BCUT2D eigenvalue weighted by Gasteiger charge is 2.16. The molecule has 0 fully saturated rings. The number of halogens is 1. The van der Waals surface area contributed by atoms with Crippen LogP contribution in [0.4, 0.5) is 4.39 Å². The molecule has 0 atom stereocenters. The molecule has 0 bridgehead atoms. The second-order valence-electron chi connectivity index (χ2n) is 6.54. The number of rotatable bonds is 6. The van der Waals surface area contributed by atoms with E-state index in [-0.39, 0.29) is 18.2 Å². The number of aromatic nitrogens is 1. The summed E-state index contributed by atoms with van der Waals surface area (Å²) in [5, 5.41) is 0.959. The minimum absolute atomic E-state index is 0.160. The standard InChI is InChI=1S/C23H20FNO4/c1-3-28-23(26)22-10-8-19(29-22)14-25-20-9-7-18(27-2)12-16(20)13-21(25)15-5-4-6-17(24)11-15/h4-13H,3,14H2,1-2H3. The number of fused-ring (bicyclic) bond motifs is 1. The first kappa shape index (κ1) is 18.8. The summed E-state index contributed by atoms with van der Waals surface area (Å²) in [6.07, 6.45) is 0. The van der Waals surface area contributed by atoms with E-state index in [2.05, 4.69) is 0 Å². The number of carbonyl (C=O) groups excluding carboxylic acids is 1. The summed E-state index contributed by atoms with van der Waals surface area (Å²) in [6, 6.07) is 17.5. The van der Waals surface area contributed by atoms with Gasteiger partial charge in [-0.1, -0.05) is 12.1 Å². The lowest BCUT2D eigenvalue weighted by atomic mass is 10.1. The molecular weight excluding hydrogens is 373 g/mol. The Balaban J connectivity index is 1.79. The van der Waals surface area contributed by atoms with Crippen molar-refractivity contribution < 1.29 is 23.1 Å². The zero-order valence-electron chi connectivity index (χ0n) is 16.1. The van der Waals surface area contributed by atoms with E-state index in [9.17, 15) is 9.18 Å². The minimum atomic E-state index is -0.494. The van der Waals surface area contributed by atoms with Crippen molar-refractivity contribution in [2.24, 2.45) is 0 Å². The van der Waals surface area contributed by atoms with Crippen LogP contribution in [-0.2, 0) is 11.3 Å². The molecule has 0 saturated carbocycles. The Morgan fingerprint density at radius 3 is 2.72 bits per heavy atom. The van der Waals surface area contributed by atoms with Crippen LogP contribution in [0, 0.1) is 5.82 Å². The Labute approximate surface area is 167 Å². The molecule has 0 spiro atoms. The number of nitrogens with zero attached hydrogens (tertiary/aromatic N) is 1. The molecule has 0 radical (unpaired) electrons. The van der Waals surface area contributed by atoms with Gasteiger partial charge in [-0.2, -0.15) is 0 Å². The fourth-order valence-corrected chi connectivity index (χ4v) is 3.36. The normalized spacial score (nSPS) is 11.0. The van der Waals surface area contributed by atoms with Crippen LogP contribution >= 0.6 is 0 Å². The SMILES string of the molecule is CCOC(=O)c1ccc(Cn2c(-c3cccc(F)c3)cc3cc(OC)ccc32)o1. The largest absolute Gasteiger partial charge is 0.497 e. The van der Waals surface area contributed by atoms with Crippen molar-refractivity contribution in [3.63, 3.8) is 0 Å². The maximum atomic E-state index is 13.9. The van der Waals surface area contributed by atoms with Crippen LogP contribution in [0.15, 0.2) is 65.1 Å². The molecule has 0 aliphatic heterocycles. The van der Waals surface area contributed by atoms with Gasteiger partial charge in [0.15, 0.2) is 0 Å². The monoisotopic (exact) mass is 393 g/mol. The summed E-state index contributed by atoms with van der Waals surface area (Å²) in [7, 11) is 1.62. The molecule has 148 valence electrons. The van der Waals surface area contributed by atoms with Crippen molar-refractivity contribution in [2.75, 3.05) is 13.7 Å². The molecule has 2 aromatic heterocycles. The molecule has 0 aliphatic rings. The van der Waals surface area contributed by atoms with E-state index >= 15 is 0 Å². The first-order valence-electron chi connectivity index (χ1n) is 9.28. The van der Waals surface area contributed by atoms with Gasteiger partial charge in [0.2, 0.25) is 5.76 Å². The topological polar surface area (TPSA) is 53.6 Å². The average Bonchev–Trinajstić information content (AvgIpc) is 3.33. The third-order valence-corrected chi connectivity index (χ3v) is 4.68. The van der Waals surface area contributed by atoms with Crippen LogP contribution in [0.2, 0.25) is 0 Å². The lowest BCUT2D eigenvalue weighted by Gasteiger charge is -2.10. The van der Waals surface area contributed by atoms with E-state index < -0.39 is 5.97 Å². The van der Waals surface area contributed by atoms with Crippen molar-refractivity contribution in [1.29, 1.82) is 0 Å². The molecule has 2 aromatic carbocycles. The summed E-state index contributed by atoms with van der Waals surface area (Å²) >= 11 is 0. The van der Waals surface area contributed by atoms with Crippen LogP contribution in [0.25, 0.3) is 22.2 Å². The molecule has 0 saturated heterocycles. The predicted molar refractivity (Wildman–Crippen MR) is 108 cm³/mol. The molecule has 0 N–H and O–H groups in total. The van der Waals surface area contributed by atoms with Gasteiger partial charge < -0.3 is 18.5 Å². The number of hydrogen-bond acceptors (Lipinski definition) is 4. The molecule has 0 aliphatic carbocycles. The van der Waals surface area contributed by atoms with E-state index in [0.717, 1.165) is 27.9 Å². The van der Waals surface area contributed by atoms with Gasteiger partial charge in [0.25, 0.3) is 0 Å². The van der Waals surface area contributed by atoms with E-state index in [0.29, 0.717) is 12.3 Å². The molecule has 4 aromatic rings. The molecule has 4 rings (SSSR count). The fraction of sp³-hybridized carbons (Fsp3) is 0.174. The van der Waals surface area contributed by atoms with Gasteiger partial charge in [0.1, 0.15) is 17.3 Å². The second-order valence-corrected chi connectivity index (χ2v) is 6.54. The Bertz CT molecular complexity index is 1170. The Morgan fingerprint density at radius 2 is 1.97 bits per heavy atom. The van der Waals surface area contributed by atoms with Crippen LogP contribution in [0.3, 0.4) is 0 Å². The van der Waals surface area contributed by atoms with Gasteiger partial charge in [-0.15, -0.1) is 0 Å². The Kier molecular flexibility index (Phi) is 5.08. The van der Waals surface area contributed by atoms with Gasteiger partial charge >= 0.3 is 5.97 Å². The molecule has 6 heteroatoms. The van der Waals surface area contributed by atoms with Crippen molar-refractivity contribution in [1.82, 2.24) is 4.57 Å². The van der Waals surface area contributed by atoms with Crippen molar-refractivity contribution >= 4 is 16.9 Å². The third kappa shape index (κ3) is 3.74. The summed E-state index contributed by atoms with van der Waals surface area (Å²) in [5.41, 5.74) is 2.53. The molecule has 29 heavy (non-hydrogen) atoms. The maximum absolute atomic E-state index is 13.9. The summed E-state index contributed by atoms with van der Waals surface area (Å²) in [4.78, 5) is 11.9. The highest BCUT2D eigenvalue weighted by molar-refractivity contribution is 5.88. The smallest absolute Gasteiger partial charge is 0.374 e. The Morgan fingerprint density at radius 1 is 1.10 bits per heavy atom. The number of carbonyl (C=O) groups is 1. The zero-order chi connectivity index (χ0) is 20.4. The van der Waals surface area contributed by atoms with Gasteiger partial charge in [-0.3, -0.25) is 0 Å². The van der Waals surface area contributed by atoms with Crippen molar-refractivity contribution in [2.45, 2.75) is 13.5 Å². The molecule has 5 nitrogen and oxygen atoms in total. The number of hydrogen-bond donors (Lipinski definition) is 0. The number of furan rings is 1. The number of esters is 1. The summed E-state index contributed by atoms with van der Waals surface area (Å²) < 4.78 is 31.9. The molecule has 2 heterocycles. The zero-order valence-corrected chi connectivity index (χ0v) is 16.1. The number of methoxy groups -OCH3 is 1. The fourth-order valence-electron chi connectivity index (χ4n) is 3.36. The summed E-state index contributed by atoms with van der Waals surface area (Å²) in [6.45, 7) is 2.40. The molecule has 0 unspecified atom stereocenters. The second kappa shape index (κ2) is 7.83. The van der Waals surface area contributed by atoms with E-state index in [1.165, 1.54) is 12.1 Å². The molecule has 0 amide bonds. The summed E-state index contributed by atoms with van der Waals surface area (Å²) in [5.74, 6) is 0.694. The van der Waals surface area contributed by atoms with Crippen LogP contribution in [-0.4, -0.2) is 24.3 Å². The lowest BCUT2D eigenvalue weighted by molar-refractivity contribution is 0.0488. The van der Waals surface area contributed by atoms with Crippen molar-refractivity contribution in [3.05, 3.63) is 78.0 Å². The van der Waals surface area contributed by atoms with Gasteiger partial charge in [0.05, 0.1) is 20.3 Å². The van der Waals surface area contributed by atoms with Gasteiger partial charge in [-0.25, -0.2) is 9.18 Å². The number of ether oxygens (including phenoxy) is 2. The first-order valence-corrected chi connectivity index (χ1v) is 9.28. The van der Waals surface area contributed by atoms with Crippen LogP contribution in [0.5, 0.6) is 5.75 Å². The number of benzene rings is 2.